The van der Waals surface area contributed by atoms with Gasteiger partial charge in [0.05, 0.1) is 25.5 Å². The number of benzene rings is 1. The second kappa shape index (κ2) is 5.66. The summed E-state index contributed by atoms with van der Waals surface area (Å²) in [6, 6.07) is 8.07. The molecule has 5 nitrogen and oxygen atoms in total. The highest BCUT2D eigenvalue weighted by Crippen LogP contribution is 2.26. The molecule has 2 aliphatic heterocycles. The lowest BCUT2D eigenvalue weighted by Gasteiger charge is -2.27. The van der Waals surface area contributed by atoms with Gasteiger partial charge in [-0.1, -0.05) is 23.7 Å². The standard InChI is InChI=1S/C16H15ClN4O/c17-15-8-14(11-1-2-12-9-18-10-13(12)7-11)19-16(20-15)21-3-5-22-6-4-21/h1-2,7-8,10H,3-6,9H2. The van der Waals surface area contributed by atoms with Gasteiger partial charge in [0.2, 0.25) is 5.95 Å². The predicted molar refractivity (Wildman–Crippen MR) is 86.8 cm³/mol. The molecule has 0 aliphatic carbocycles. The van der Waals surface area contributed by atoms with Crippen molar-refractivity contribution in [2.75, 3.05) is 31.2 Å². The number of rotatable bonds is 2. The Hall–Kier alpha value is -1.98. The molecule has 0 radical (unpaired) electrons. The molecule has 0 spiro atoms. The molecule has 6 heteroatoms. The van der Waals surface area contributed by atoms with E-state index in [9.17, 15) is 0 Å². The molecule has 0 N–H and O–H groups in total. The van der Waals surface area contributed by atoms with Crippen molar-refractivity contribution in [3.63, 3.8) is 0 Å². The zero-order chi connectivity index (χ0) is 14.9. The molecule has 0 unspecified atom stereocenters. The van der Waals surface area contributed by atoms with Gasteiger partial charge >= 0.3 is 0 Å². The van der Waals surface area contributed by atoms with E-state index in [0.29, 0.717) is 24.3 Å². The number of hydrogen-bond acceptors (Lipinski definition) is 5. The normalized spacial score (nSPS) is 16.9. The predicted octanol–water partition coefficient (Wildman–Crippen LogP) is 2.57. The van der Waals surface area contributed by atoms with E-state index in [0.717, 1.165) is 36.5 Å². The minimum Gasteiger partial charge on any atom is -0.378 e. The molecule has 1 fully saturated rings. The van der Waals surface area contributed by atoms with Gasteiger partial charge < -0.3 is 9.64 Å². The van der Waals surface area contributed by atoms with Crippen molar-refractivity contribution >= 4 is 23.8 Å². The van der Waals surface area contributed by atoms with Gasteiger partial charge in [-0.25, -0.2) is 9.97 Å². The van der Waals surface area contributed by atoms with Crippen molar-refractivity contribution in [2.24, 2.45) is 4.99 Å². The molecule has 4 rings (SSSR count). The summed E-state index contributed by atoms with van der Waals surface area (Å²) in [7, 11) is 0. The molecule has 1 aromatic heterocycles. The van der Waals surface area contributed by atoms with E-state index in [1.54, 1.807) is 6.07 Å². The lowest BCUT2D eigenvalue weighted by Crippen LogP contribution is -2.37. The molecule has 1 saturated heterocycles. The van der Waals surface area contributed by atoms with Crippen LogP contribution >= 0.6 is 11.6 Å². The quantitative estimate of drug-likeness (QED) is 0.799. The van der Waals surface area contributed by atoms with Crippen LogP contribution in [0.25, 0.3) is 11.3 Å². The first-order valence-corrected chi connectivity index (χ1v) is 7.68. The summed E-state index contributed by atoms with van der Waals surface area (Å²) in [6.45, 7) is 3.73. The van der Waals surface area contributed by atoms with Crippen molar-refractivity contribution in [3.8, 4) is 11.3 Å². The average molecular weight is 315 g/mol. The number of fused-ring (bicyclic) bond motifs is 1. The van der Waals surface area contributed by atoms with Crippen molar-refractivity contribution < 1.29 is 4.74 Å². The van der Waals surface area contributed by atoms with Crippen molar-refractivity contribution in [3.05, 3.63) is 40.5 Å². The summed E-state index contributed by atoms with van der Waals surface area (Å²) >= 11 is 6.20. The van der Waals surface area contributed by atoms with Crippen LogP contribution in [0.5, 0.6) is 0 Å². The Morgan fingerprint density at radius 3 is 2.82 bits per heavy atom. The van der Waals surface area contributed by atoms with Gasteiger partial charge in [0.15, 0.2) is 0 Å². The molecule has 2 aliphatic rings. The number of morpholine rings is 1. The van der Waals surface area contributed by atoms with Crippen LogP contribution in [-0.4, -0.2) is 42.5 Å². The van der Waals surface area contributed by atoms with Crippen LogP contribution in [0.2, 0.25) is 5.15 Å². The van der Waals surface area contributed by atoms with Gasteiger partial charge in [-0.3, -0.25) is 4.99 Å². The van der Waals surface area contributed by atoms with Crippen LogP contribution in [-0.2, 0) is 11.3 Å². The maximum absolute atomic E-state index is 6.20. The first-order chi connectivity index (χ1) is 10.8. The third-order valence-electron chi connectivity index (χ3n) is 3.91. The molecular weight excluding hydrogens is 300 g/mol. The van der Waals surface area contributed by atoms with Gasteiger partial charge in [0, 0.05) is 30.9 Å². The highest BCUT2D eigenvalue weighted by atomic mass is 35.5. The highest BCUT2D eigenvalue weighted by Gasteiger charge is 2.16. The largest absolute Gasteiger partial charge is 0.378 e. The van der Waals surface area contributed by atoms with E-state index < -0.39 is 0 Å². The van der Waals surface area contributed by atoms with Crippen LogP contribution in [0, 0.1) is 0 Å². The number of nitrogens with zero attached hydrogens (tertiary/aromatic N) is 4. The molecule has 112 valence electrons. The summed E-state index contributed by atoms with van der Waals surface area (Å²) in [5.74, 6) is 0.667. The molecule has 22 heavy (non-hydrogen) atoms. The topological polar surface area (TPSA) is 50.6 Å². The van der Waals surface area contributed by atoms with Gasteiger partial charge in [-0.15, -0.1) is 0 Å². The number of aromatic nitrogens is 2. The van der Waals surface area contributed by atoms with Crippen molar-refractivity contribution in [1.82, 2.24) is 9.97 Å². The fourth-order valence-corrected chi connectivity index (χ4v) is 2.90. The fourth-order valence-electron chi connectivity index (χ4n) is 2.72. The van der Waals surface area contributed by atoms with E-state index in [1.807, 2.05) is 6.21 Å². The van der Waals surface area contributed by atoms with Crippen molar-refractivity contribution in [1.29, 1.82) is 0 Å². The maximum atomic E-state index is 6.20. The van der Waals surface area contributed by atoms with Crippen molar-refractivity contribution in [2.45, 2.75) is 6.54 Å². The van der Waals surface area contributed by atoms with Gasteiger partial charge in [-0.05, 0) is 17.2 Å². The molecule has 0 amide bonds. The van der Waals surface area contributed by atoms with Gasteiger partial charge in [-0.2, -0.15) is 0 Å². The highest BCUT2D eigenvalue weighted by molar-refractivity contribution is 6.29. The van der Waals surface area contributed by atoms with E-state index >= 15 is 0 Å². The van der Waals surface area contributed by atoms with E-state index in [4.69, 9.17) is 16.3 Å². The summed E-state index contributed by atoms with van der Waals surface area (Å²) in [6.07, 6.45) is 1.91. The molecule has 0 bridgehead atoms. The van der Waals surface area contributed by atoms with Gasteiger partial charge in [0.1, 0.15) is 5.15 Å². The summed E-state index contributed by atoms with van der Waals surface area (Å²) in [4.78, 5) is 15.4. The minimum absolute atomic E-state index is 0.459. The average Bonchev–Trinajstić information content (AvgIpc) is 3.02. The van der Waals surface area contributed by atoms with Gasteiger partial charge in [0.25, 0.3) is 0 Å². The Labute approximate surface area is 133 Å². The Morgan fingerprint density at radius 1 is 1.09 bits per heavy atom. The Morgan fingerprint density at radius 2 is 1.95 bits per heavy atom. The Balaban J connectivity index is 1.72. The second-order valence-corrected chi connectivity index (χ2v) is 5.75. The summed E-state index contributed by atoms with van der Waals surface area (Å²) < 4.78 is 5.37. The van der Waals surface area contributed by atoms with Crippen LogP contribution in [0.1, 0.15) is 11.1 Å². The van der Waals surface area contributed by atoms with Crippen LogP contribution in [0.4, 0.5) is 5.95 Å². The molecular formula is C16H15ClN4O. The fraction of sp³-hybridized carbons (Fsp3) is 0.312. The maximum Gasteiger partial charge on any atom is 0.227 e. The lowest BCUT2D eigenvalue weighted by molar-refractivity contribution is 0.122. The SMILES string of the molecule is Clc1cc(-c2ccc3c(c2)C=NC3)nc(N2CCOCC2)n1. The number of hydrogen-bond donors (Lipinski definition) is 0. The number of halogens is 1. The molecule has 0 atom stereocenters. The van der Waals surface area contributed by atoms with Crippen LogP contribution in [0.15, 0.2) is 29.3 Å². The van der Waals surface area contributed by atoms with E-state index in [1.165, 1.54) is 5.56 Å². The Kier molecular flexibility index (Phi) is 3.52. The van der Waals surface area contributed by atoms with E-state index in [2.05, 4.69) is 38.1 Å². The van der Waals surface area contributed by atoms with E-state index in [-0.39, 0.29) is 0 Å². The minimum atomic E-state index is 0.459. The summed E-state index contributed by atoms with van der Waals surface area (Å²) in [5.41, 5.74) is 4.27. The monoisotopic (exact) mass is 314 g/mol. The molecule has 3 heterocycles. The summed E-state index contributed by atoms with van der Waals surface area (Å²) in [5, 5.41) is 0.459. The molecule has 0 saturated carbocycles. The molecule has 1 aromatic carbocycles. The number of ether oxygens (including phenoxy) is 1. The van der Waals surface area contributed by atoms with Crippen LogP contribution < -0.4 is 4.90 Å². The zero-order valence-corrected chi connectivity index (χ0v) is 12.8. The first-order valence-electron chi connectivity index (χ1n) is 7.30. The number of anilines is 1. The zero-order valence-electron chi connectivity index (χ0n) is 12.0. The smallest absolute Gasteiger partial charge is 0.227 e. The molecule has 2 aromatic rings. The second-order valence-electron chi connectivity index (χ2n) is 5.36. The third-order valence-corrected chi connectivity index (χ3v) is 4.10. The first kappa shape index (κ1) is 13.7. The number of aliphatic imine (C=N–C) groups is 1. The lowest BCUT2D eigenvalue weighted by atomic mass is 10.0. The Bertz CT molecular complexity index is 741. The third kappa shape index (κ3) is 2.58. The van der Waals surface area contributed by atoms with Crippen LogP contribution in [0.3, 0.4) is 0 Å².